The minimum absolute atomic E-state index is 0.0458. The van der Waals surface area contributed by atoms with Crippen molar-refractivity contribution >= 4 is 11.6 Å². The van der Waals surface area contributed by atoms with E-state index in [1.165, 1.54) is 0 Å². The predicted molar refractivity (Wildman–Crippen MR) is 64.7 cm³/mol. The molecule has 0 atom stereocenters. The molecule has 0 saturated carbocycles. The lowest BCUT2D eigenvalue weighted by Crippen LogP contribution is -2.16. The van der Waals surface area contributed by atoms with Gasteiger partial charge in [0.2, 0.25) is 0 Å². The van der Waals surface area contributed by atoms with E-state index in [2.05, 4.69) is 10.3 Å². The number of rotatable bonds is 1. The fourth-order valence-electron chi connectivity index (χ4n) is 1.73. The standard InChI is InChI=1S/C13H14N2O/c1-9(14-2)15-11-7-10-5-3-4-6-12(10)13(16)8-11/h3-6,8H,7H2,1-2H3,(H,14,15). The van der Waals surface area contributed by atoms with Crippen LogP contribution in [0.3, 0.4) is 0 Å². The van der Waals surface area contributed by atoms with Gasteiger partial charge in [-0.15, -0.1) is 0 Å². The molecule has 3 nitrogen and oxygen atoms in total. The van der Waals surface area contributed by atoms with Gasteiger partial charge >= 0.3 is 0 Å². The molecule has 0 fully saturated rings. The Balaban J connectivity index is 2.34. The van der Waals surface area contributed by atoms with Gasteiger partial charge < -0.3 is 5.32 Å². The van der Waals surface area contributed by atoms with Gasteiger partial charge in [-0.25, -0.2) is 4.99 Å². The Morgan fingerprint density at radius 2 is 2.12 bits per heavy atom. The average Bonchev–Trinajstić information content (AvgIpc) is 2.29. The van der Waals surface area contributed by atoms with Gasteiger partial charge in [-0.2, -0.15) is 0 Å². The van der Waals surface area contributed by atoms with Crippen LogP contribution in [-0.4, -0.2) is 18.7 Å². The van der Waals surface area contributed by atoms with E-state index in [0.717, 1.165) is 29.1 Å². The SMILES string of the molecule is CN/C(C)=N\C1=CC(=O)c2ccccc2C1. The van der Waals surface area contributed by atoms with E-state index in [1.54, 1.807) is 6.08 Å². The van der Waals surface area contributed by atoms with Gasteiger partial charge in [0, 0.05) is 25.1 Å². The van der Waals surface area contributed by atoms with E-state index in [1.807, 2.05) is 38.2 Å². The third-order valence-corrected chi connectivity index (χ3v) is 2.63. The maximum absolute atomic E-state index is 11.8. The zero-order valence-electron chi connectivity index (χ0n) is 9.45. The van der Waals surface area contributed by atoms with Crippen LogP contribution in [-0.2, 0) is 6.42 Å². The van der Waals surface area contributed by atoms with Crippen LogP contribution in [0.1, 0.15) is 22.8 Å². The summed E-state index contributed by atoms with van der Waals surface area (Å²) in [7, 11) is 1.82. The Labute approximate surface area is 94.9 Å². The minimum atomic E-state index is 0.0458. The summed E-state index contributed by atoms with van der Waals surface area (Å²) in [5, 5.41) is 2.95. The zero-order chi connectivity index (χ0) is 11.5. The molecule has 1 N–H and O–H groups in total. The van der Waals surface area contributed by atoms with Crippen molar-refractivity contribution in [3.05, 3.63) is 47.2 Å². The molecule has 1 aromatic rings. The highest BCUT2D eigenvalue weighted by Crippen LogP contribution is 2.21. The molecule has 0 radical (unpaired) electrons. The number of fused-ring (bicyclic) bond motifs is 1. The third-order valence-electron chi connectivity index (χ3n) is 2.63. The Morgan fingerprint density at radius 3 is 2.88 bits per heavy atom. The van der Waals surface area contributed by atoms with E-state index in [-0.39, 0.29) is 5.78 Å². The van der Waals surface area contributed by atoms with Crippen LogP contribution in [0.15, 0.2) is 41.0 Å². The van der Waals surface area contributed by atoms with E-state index < -0.39 is 0 Å². The van der Waals surface area contributed by atoms with Crippen molar-refractivity contribution in [2.75, 3.05) is 7.05 Å². The van der Waals surface area contributed by atoms with Crippen molar-refractivity contribution in [2.24, 2.45) is 4.99 Å². The molecule has 0 amide bonds. The maximum atomic E-state index is 11.8. The van der Waals surface area contributed by atoms with E-state index >= 15 is 0 Å². The van der Waals surface area contributed by atoms with Gasteiger partial charge in [0.15, 0.2) is 5.78 Å². The second kappa shape index (κ2) is 4.31. The van der Waals surface area contributed by atoms with Gasteiger partial charge in [-0.1, -0.05) is 24.3 Å². The highest BCUT2D eigenvalue weighted by Gasteiger charge is 2.16. The number of nitrogens with one attached hydrogen (secondary N) is 1. The Bertz CT molecular complexity index is 486. The van der Waals surface area contributed by atoms with Crippen LogP contribution in [0.25, 0.3) is 0 Å². The predicted octanol–water partition coefficient (Wildman–Crippen LogP) is 1.95. The van der Waals surface area contributed by atoms with Gasteiger partial charge in [-0.05, 0) is 12.5 Å². The summed E-state index contributed by atoms with van der Waals surface area (Å²) >= 11 is 0. The fraction of sp³-hybridized carbons (Fsp3) is 0.231. The van der Waals surface area contributed by atoms with E-state index in [9.17, 15) is 4.79 Å². The number of carbonyl (C=O) groups excluding carboxylic acids is 1. The molecule has 82 valence electrons. The minimum Gasteiger partial charge on any atom is -0.377 e. The number of amidine groups is 1. The molecule has 0 saturated heterocycles. The van der Waals surface area contributed by atoms with Gasteiger partial charge in [0.05, 0.1) is 11.5 Å². The fourth-order valence-corrected chi connectivity index (χ4v) is 1.73. The highest BCUT2D eigenvalue weighted by atomic mass is 16.1. The lowest BCUT2D eigenvalue weighted by atomic mass is 9.94. The van der Waals surface area contributed by atoms with Crippen LogP contribution >= 0.6 is 0 Å². The number of aliphatic imine (C=N–C) groups is 1. The first-order valence-corrected chi connectivity index (χ1v) is 5.26. The Hall–Kier alpha value is -1.90. The van der Waals surface area contributed by atoms with Gasteiger partial charge in [-0.3, -0.25) is 4.79 Å². The number of benzene rings is 1. The molecule has 3 heteroatoms. The molecule has 0 spiro atoms. The number of hydrogen-bond acceptors (Lipinski definition) is 2. The molecule has 0 aliphatic heterocycles. The second-order valence-corrected chi connectivity index (χ2v) is 3.78. The van der Waals surface area contributed by atoms with Crippen LogP contribution in [0.5, 0.6) is 0 Å². The molecular weight excluding hydrogens is 200 g/mol. The summed E-state index contributed by atoms with van der Waals surface area (Å²) in [4.78, 5) is 16.1. The van der Waals surface area contributed by atoms with Crippen molar-refractivity contribution in [3.63, 3.8) is 0 Å². The van der Waals surface area contributed by atoms with Crippen molar-refractivity contribution in [3.8, 4) is 0 Å². The zero-order valence-corrected chi connectivity index (χ0v) is 9.45. The molecule has 2 rings (SSSR count). The first-order chi connectivity index (χ1) is 7.70. The Morgan fingerprint density at radius 1 is 1.38 bits per heavy atom. The van der Waals surface area contributed by atoms with Crippen LogP contribution in [0.2, 0.25) is 0 Å². The second-order valence-electron chi connectivity index (χ2n) is 3.78. The lowest BCUT2D eigenvalue weighted by Gasteiger charge is -2.13. The largest absolute Gasteiger partial charge is 0.377 e. The number of allylic oxidation sites excluding steroid dienone is 2. The topological polar surface area (TPSA) is 41.5 Å². The van der Waals surface area contributed by atoms with Crippen LogP contribution < -0.4 is 5.32 Å². The number of hydrogen-bond donors (Lipinski definition) is 1. The van der Waals surface area contributed by atoms with Crippen molar-refractivity contribution in [2.45, 2.75) is 13.3 Å². The summed E-state index contributed by atoms with van der Waals surface area (Å²) in [6, 6.07) is 7.67. The van der Waals surface area contributed by atoms with E-state index in [0.29, 0.717) is 0 Å². The monoisotopic (exact) mass is 214 g/mol. The Kier molecular flexibility index (Phi) is 2.86. The molecule has 0 bridgehead atoms. The quantitative estimate of drug-likeness (QED) is 0.573. The molecule has 0 unspecified atom stereocenters. The molecule has 16 heavy (non-hydrogen) atoms. The summed E-state index contributed by atoms with van der Waals surface area (Å²) < 4.78 is 0. The summed E-state index contributed by atoms with van der Waals surface area (Å²) in [5.41, 5.74) is 2.66. The van der Waals surface area contributed by atoms with Gasteiger partial charge in [0.1, 0.15) is 0 Å². The summed E-state index contributed by atoms with van der Waals surface area (Å²) in [5.74, 6) is 0.864. The lowest BCUT2D eigenvalue weighted by molar-refractivity contribution is 0.104. The maximum Gasteiger partial charge on any atom is 0.187 e. The van der Waals surface area contributed by atoms with Crippen molar-refractivity contribution in [1.82, 2.24) is 5.32 Å². The van der Waals surface area contributed by atoms with Gasteiger partial charge in [0.25, 0.3) is 0 Å². The summed E-state index contributed by atoms with van der Waals surface area (Å²) in [6.45, 7) is 1.88. The smallest absolute Gasteiger partial charge is 0.187 e. The number of ketones is 1. The van der Waals surface area contributed by atoms with E-state index in [4.69, 9.17) is 0 Å². The molecule has 1 aliphatic rings. The van der Waals surface area contributed by atoms with Crippen molar-refractivity contribution < 1.29 is 4.79 Å². The van der Waals surface area contributed by atoms with Crippen LogP contribution in [0.4, 0.5) is 0 Å². The molecule has 1 aromatic carbocycles. The first-order valence-electron chi connectivity index (χ1n) is 5.26. The number of nitrogens with zero attached hydrogens (tertiary/aromatic N) is 1. The number of carbonyl (C=O) groups is 1. The summed E-state index contributed by atoms with van der Waals surface area (Å²) in [6.07, 6.45) is 2.34. The molecule has 0 heterocycles. The molecular formula is C13H14N2O. The van der Waals surface area contributed by atoms with Crippen molar-refractivity contribution in [1.29, 1.82) is 0 Å². The van der Waals surface area contributed by atoms with Crippen LogP contribution in [0, 0.1) is 0 Å². The normalized spacial score (nSPS) is 15.5. The molecule has 0 aromatic heterocycles. The molecule has 1 aliphatic carbocycles. The third kappa shape index (κ3) is 2.03. The average molecular weight is 214 g/mol. The first kappa shape index (κ1) is 10.6. The highest BCUT2D eigenvalue weighted by molar-refractivity contribution is 6.07.